The number of phenolic OH excluding ortho intramolecular Hbond substituents is 2. The van der Waals surface area contributed by atoms with Crippen LogP contribution in [0.25, 0.3) is 0 Å². The monoisotopic (exact) mass is 286 g/mol. The van der Waals surface area contributed by atoms with E-state index >= 15 is 0 Å². The Bertz CT molecular complexity index is 251. The first-order valence-corrected chi connectivity index (χ1v) is 7.32. The van der Waals surface area contributed by atoms with Crippen molar-refractivity contribution < 1.29 is 20.4 Å². The minimum atomic E-state index is -0.0764. The minimum absolute atomic E-state index is 0.0764. The van der Waals surface area contributed by atoms with E-state index in [0.717, 1.165) is 0 Å². The molecule has 4 heteroatoms. The van der Waals surface area contributed by atoms with Crippen LogP contribution in [-0.4, -0.2) is 33.6 Å². The van der Waals surface area contributed by atoms with Crippen molar-refractivity contribution in [1.82, 2.24) is 0 Å². The lowest BCUT2D eigenvalue weighted by atomic mass is 10.0. The van der Waals surface area contributed by atoms with Crippen LogP contribution in [0.15, 0.2) is 24.3 Å². The molecule has 0 aliphatic heterocycles. The molecule has 0 atom stereocenters. The van der Waals surface area contributed by atoms with Gasteiger partial charge >= 0.3 is 0 Å². The molecule has 2 rings (SSSR count). The number of hydrogen-bond donors (Lipinski definition) is 4. The summed E-state index contributed by atoms with van der Waals surface area (Å²) in [6.07, 6.45) is 9.00. The van der Waals surface area contributed by atoms with Crippen LogP contribution < -0.4 is 0 Å². The van der Waals surface area contributed by atoms with Crippen molar-refractivity contribution in [2.45, 2.75) is 52.4 Å². The molecule has 20 heavy (non-hydrogen) atoms. The van der Waals surface area contributed by atoms with E-state index in [1.807, 2.05) is 0 Å². The molecule has 4 nitrogen and oxygen atoms in total. The molecule has 0 amide bonds. The maximum absolute atomic E-state index is 8.67. The summed E-state index contributed by atoms with van der Waals surface area (Å²) in [4.78, 5) is 0. The van der Waals surface area contributed by atoms with Gasteiger partial charge in [0.25, 0.3) is 0 Å². The van der Waals surface area contributed by atoms with E-state index in [4.69, 9.17) is 20.4 Å². The van der Waals surface area contributed by atoms with Gasteiger partial charge in [0.1, 0.15) is 0 Å². The van der Waals surface area contributed by atoms with E-state index in [9.17, 15) is 0 Å². The number of aliphatic hydroxyl groups excluding tert-OH is 2. The molecule has 1 aromatic carbocycles. The SMILES string of the molecule is C1CCCCC1.CCO.CCO.Oc1ccccc1O. The summed E-state index contributed by atoms with van der Waals surface area (Å²) in [5.41, 5.74) is 0. The van der Waals surface area contributed by atoms with Gasteiger partial charge in [0.2, 0.25) is 0 Å². The average molecular weight is 286 g/mol. The second-order valence-electron chi connectivity index (χ2n) is 4.24. The van der Waals surface area contributed by atoms with E-state index in [0.29, 0.717) is 0 Å². The Morgan fingerprint density at radius 1 is 0.700 bits per heavy atom. The Labute approximate surface area is 122 Å². The van der Waals surface area contributed by atoms with Crippen molar-refractivity contribution in [3.8, 4) is 11.5 Å². The zero-order valence-electron chi connectivity index (χ0n) is 12.8. The van der Waals surface area contributed by atoms with Crippen molar-refractivity contribution in [2.24, 2.45) is 0 Å². The fourth-order valence-corrected chi connectivity index (χ4v) is 1.52. The van der Waals surface area contributed by atoms with Crippen LogP contribution in [0.5, 0.6) is 11.5 Å². The minimum Gasteiger partial charge on any atom is -0.504 e. The summed E-state index contributed by atoms with van der Waals surface area (Å²) in [6.45, 7) is 3.86. The van der Waals surface area contributed by atoms with Gasteiger partial charge in [-0.05, 0) is 26.0 Å². The fourth-order valence-electron chi connectivity index (χ4n) is 1.52. The van der Waals surface area contributed by atoms with Crippen LogP contribution in [0.4, 0.5) is 0 Å². The predicted octanol–water partition coefficient (Wildman–Crippen LogP) is 3.44. The highest BCUT2D eigenvalue weighted by molar-refractivity contribution is 5.36. The third kappa shape index (κ3) is 16.7. The molecule has 4 N–H and O–H groups in total. The number of para-hydroxylation sites is 2. The van der Waals surface area contributed by atoms with Crippen LogP contribution in [0.3, 0.4) is 0 Å². The summed E-state index contributed by atoms with van der Waals surface area (Å²) in [5.74, 6) is -0.153. The molecule has 0 spiro atoms. The van der Waals surface area contributed by atoms with Crippen molar-refractivity contribution in [2.75, 3.05) is 13.2 Å². The van der Waals surface area contributed by atoms with Gasteiger partial charge in [0, 0.05) is 13.2 Å². The second-order valence-corrected chi connectivity index (χ2v) is 4.24. The van der Waals surface area contributed by atoms with Crippen LogP contribution in [0, 0.1) is 0 Å². The van der Waals surface area contributed by atoms with Crippen molar-refractivity contribution in [3.05, 3.63) is 24.3 Å². The highest BCUT2D eigenvalue weighted by atomic mass is 16.3. The quantitative estimate of drug-likeness (QED) is 0.551. The molecule has 0 heterocycles. The molecule has 0 saturated heterocycles. The molecule has 1 aromatic rings. The van der Waals surface area contributed by atoms with Crippen LogP contribution >= 0.6 is 0 Å². The number of rotatable bonds is 0. The first kappa shape index (κ1) is 21.0. The molecule has 1 fully saturated rings. The number of benzene rings is 1. The van der Waals surface area contributed by atoms with E-state index in [1.54, 1.807) is 26.0 Å². The molecule has 0 aromatic heterocycles. The number of aromatic hydroxyl groups is 2. The number of phenols is 2. The van der Waals surface area contributed by atoms with Crippen molar-refractivity contribution in [1.29, 1.82) is 0 Å². The summed E-state index contributed by atoms with van der Waals surface area (Å²) >= 11 is 0. The van der Waals surface area contributed by atoms with Crippen molar-refractivity contribution in [3.63, 3.8) is 0 Å². The average Bonchev–Trinajstić information content (AvgIpc) is 2.46. The van der Waals surface area contributed by atoms with E-state index in [-0.39, 0.29) is 24.7 Å². The predicted molar refractivity (Wildman–Crippen MR) is 83.0 cm³/mol. The van der Waals surface area contributed by atoms with Gasteiger partial charge in [-0.2, -0.15) is 0 Å². The van der Waals surface area contributed by atoms with Crippen LogP contribution in [0.2, 0.25) is 0 Å². The molecule has 0 radical (unpaired) electrons. The van der Waals surface area contributed by atoms with Crippen molar-refractivity contribution >= 4 is 0 Å². The van der Waals surface area contributed by atoms with Gasteiger partial charge in [-0.15, -0.1) is 0 Å². The maximum atomic E-state index is 8.67. The molecule has 0 bridgehead atoms. The number of aliphatic hydroxyl groups is 2. The molecule has 1 aliphatic carbocycles. The zero-order chi connectivity index (χ0) is 15.6. The Balaban J connectivity index is 0. The van der Waals surface area contributed by atoms with Gasteiger partial charge in [0.05, 0.1) is 0 Å². The Kier molecular flexibility index (Phi) is 18.7. The lowest BCUT2D eigenvalue weighted by Crippen LogP contribution is -1.85. The van der Waals surface area contributed by atoms with Gasteiger partial charge < -0.3 is 20.4 Å². The first-order valence-electron chi connectivity index (χ1n) is 7.32. The molecule has 0 unspecified atom stereocenters. The van der Waals surface area contributed by atoms with Crippen LogP contribution in [-0.2, 0) is 0 Å². The molecule has 1 aliphatic rings. The Morgan fingerprint density at radius 3 is 1.05 bits per heavy atom. The molecular formula is C16H30O4. The fraction of sp³-hybridized carbons (Fsp3) is 0.625. The summed E-state index contributed by atoms with van der Waals surface area (Å²) < 4.78 is 0. The second kappa shape index (κ2) is 17.7. The molecule has 1 saturated carbocycles. The number of hydrogen-bond acceptors (Lipinski definition) is 4. The Morgan fingerprint density at radius 2 is 0.900 bits per heavy atom. The standard InChI is InChI=1S/C6H6O2.C6H12.2C2H6O/c7-5-3-1-2-4-6(5)8;1-2-4-6-5-3-1;2*1-2-3/h1-4,7-8H;1-6H2;2*3H,2H2,1H3. The molecular weight excluding hydrogens is 256 g/mol. The smallest absolute Gasteiger partial charge is 0.157 e. The summed E-state index contributed by atoms with van der Waals surface area (Å²) in [6, 6.07) is 6.15. The lowest BCUT2D eigenvalue weighted by molar-refractivity contribution is 0.318. The topological polar surface area (TPSA) is 80.9 Å². The maximum Gasteiger partial charge on any atom is 0.157 e. The summed E-state index contributed by atoms with van der Waals surface area (Å²) in [7, 11) is 0. The van der Waals surface area contributed by atoms with E-state index < -0.39 is 0 Å². The third-order valence-corrected chi connectivity index (χ3v) is 2.38. The van der Waals surface area contributed by atoms with E-state index in [2.05, 4.69) is 0 Å². The van der Waals surface area contributed by atoms with Gasteiger partial charge in [-0.1, -0.05) is 50.7 Å². The van der Waals surface area contributed by atoms with Gasteiger partial charge in [-0.25, -0.2) is 0 Å². The van der Waals surface area contributed by atoms with Gasteiger partial charge in [-0.3, -0.25) is 0 Å². The zero-order valence-corrected chi connectivity index (χ0v) is 12.8. The largest absolute Gasteiger partial charge is 0.504 e. The highest BCUT2D eigenvalue weighted by Gasteiger charge is 1.95. The summed E-state index contributed by atoms with van der Waals surface area (Å²) in [5, 5.41) is 32.5. The van der Waals surface area contributed by atoms with Gasteiger partial charge in [0.15, 0.2) is 11.5 Å². The first-order chi connectivity index (χ1) is 9.63. The third-order valence-electron chi connectivity index (χ3n) is 2.38. The Hall–Kier alpha value is -1.26. The van der Waals surface area contributed by atoms with Crippen LogP contribution in [0.1, 0.15) is 52.4 Å². The van der Waals surface area contributed by atoms with E-state index in [1.165, 1.54) is 50.7 Å². The lowest BCUT2D eigenvalue weighted by Gasteiger charge is -2.05. The highest BCUT2D eigenvalue weighted by Crippen LogP contribution is 2.21. The normalized spacial score (nSPS) is 12.6. The molecule has 118 valence electrons.